The Balaban J connectivity index is 1.97. The van der Waals surface area contributed by atoms with Crippen molar-refractivity contribution < 1.29 is 0 Å². The average molecular weight is 229 g/mol. The zero-order chi connectivity index (χ0) is 12.1. The van der Waals surface area contributed by atoms with Crippen molar-refractivity contribution in [3.05, 3.63) is 48.0 Å². The third-order valence-corrected chi connectivity index (χ3v) is 2.74. The summed E-state index contributed by atoms with van der Waals surface area (Å²) in [5.41, 5.74) is 1.35. The van der Waals surface area contributed by atoms with Crippen LogP contribution in [0.2, 0.25) is 0 Å². The third kappa shape index (κ3) is 3.41. The number of hydrogen-bond donors (Lipinski definition) is 0. The highest BCUT2D eigenvalue weighted by atomic mass is 15.3. The fraction of sp³-hybridized carbons (Fsp3) is 0.429. The van der Waals surface area contributed by atoms with Crippen molar-refractivity contribution in [3.63, 3.8) is 0 Å². The van der Waals surface area contributed by atoms with Crippen LogP contribution in [0.3, 0.4) is 0 Å². The molecule has 90 valence electrons. The summed E-state index contributed by atoms with van der Waals surface area (Å²) >= 11 is 0. The topological polar surface area (TPSA) is 30.7 Å². The number of aromatic nitrogens is 3. The lowest BCUT2D eigenvalue weighted by atomic mass is 10.1. The summed E-state index contributed by atoms with van der Waals surface area (Å²) < 4.78 is 2.16. The first kappa shape index (κ1) is 11.8. The molecule has 0 saturated carbocycles. The molecule has 0 aliphatic carbocycles. The Kier molecular flexibility index (Phi) is 3.91. The van der Waals surface area contributed by atoms with Gasteiger partial charge < -0.3 is 4.57 Å². The summed E-state index contributed by atoms with van der Waals surface area (Å²) in [7, 11) is 0. The average Bonchev–Trinajstić information content (AvgIpc) is 2.74. The van der Waals surface area contributed by atoms with Crippen molar-refractivity contribution in [3.8, 4) is 0 Å². The third-order valence-electron chi connectivity index (χ3n) is 2.74. The zero-order valence-electron chi connectivity index (χ0n) is 10.5. The Morgan fingerprint density at radius 2 is 1.88 bits per heavy atom. The van der Waals surface area contributed by atoms with Crippen molar-refractivity contribution in [2.24, 2.45) is 5.92 Å². The van der Waals surface area contributed by atoms with Gasteiger partial charge in [-0.25, -0.2) is 0 Å². The monoisotopic (exact) mass is 229 g/mol. The van der Waals surface area contributed by atoms with E-state index in [1.807, 2.05) is 12.4 Å². The van der Waals surface area contributed by atoms with Crippen LogP contribution in [0.25, 0.3) is 0 Å². The number of rotatable bonds is 5. The van der Waals surface area contributed by atoms with E-state index in [0.29, 0.717) is 5.92 Å². The molecule has 0 aliphatic heterocycles. The van der Waals surface area contributed by atoms with Crippen molar-refractivity contribution in [1.29, 1.82) is 0 Å². The number of aryl methyl sites for hydroxylation is 2. The Morgan fingerprint density at radius 1 is 1.12 bits per heavy atom. The lowest BCUT2D eigenvalue weighted by molar-refractivity contribution is 0.505. The summed E-state index contributed by atoms with van der Waals surface area (Å²) in [4.78, 5) is 0. The molecule has 2 rings (SSSR count). The van der Waals surface area contributed by atoms with Crippen LogP contribution in [0, 0.1) is 5.92 Å². The molecular weight excluding hydrogens is 210 g/mol. The van der Waals surface area contributed by atoms with Crippen LogP contribution in [0.15, 0.2) is 36.7 Å². The molecule has 0 aliphatic rings. The first-order valence-electron chi connectivity index (χ1n) is 6.16. The van der Waals surface area contributed by atoms with Gasteiger partial charge in [0.25, 0.3) is 0 Å². The first-order chi connectivity index (χ1) is 8.25. The maximum absolute atomic E-state index is 4.20. The summed E-state index contributed by atoms with van der Waals surface area (Å²) in [6.45, 7) is 5.42. The molecule has 2 aromatic rings. The van der Waals surface area contributed by atoms with Gasteiger partial charge in [0.1, 0.15) is 12.2 Å². The highest BCUT2D eigenvalue weighted by molar-refractivity contribution is 5.15. The summed E-state index contributed by atoms with van der Waals surface area (Å²) in [5, 5.41) is 8.20. The van der Waals surface area contributed by atoms with E-state index in [1.54, 1.807) is 0 Å². The standard InChI is InChI=1S/C14H19N3/c1-12(2)10-17-11-15-16-14(17)9-8-13-6-4-3-5-7-13/h3-7,11-12H,8-10H2,1-2H3. The van der Waals surface area contributed by atoms with Crippen LogP contribution < -0.4 is 0 Å². The minimum Gasteiger partial charge on any atom is -0.317 e. The van der Waals surface area contributed by atoms with Crippen LogP contribution in [0.5, 0.6) is 0 Å². The molecular formula is C14H19N3. The van der Waals surface area contributed by atoms with Crippen LogP contribution >= 0.6 is 0 Å². The fourth-order valence-corrected chi connectivity index (χ4v) is 1.92. The van der Waals surface area contributed by atoms with Crippen molar-refractivity contribution in [1.82, 2.24) is 14.8 Å². The molecule has 0 spiro atoms. The number of benzene rings is 1. The highest BCUT2D eigenvalue weighted by Crippen LogP contribution is 2.07. The maximum atomic E-state index is 4.20. The van der Waals surface area contributed by atoms with E-state index < -0.39 is 0 Å². The Hall–Kier alpha value is -1.64. The zero-order valence-corrected chi connectivity index (χ0v) is 10.5. The molecule has 3 nitrogen and oxygen atoms in total. The second kappa shape index (κ2) is 5.62. The van der Waals surface area contributed by atoms with Gasteiger partial charge in [-0.15, -0.1) is 10.2 Å². The lowest BCUT2D eigenvalue weighted by Crippen LogP contribution is -2.08. The lowest BCUT2D eigenvalue weighted by Gasteiger charge is -2.08. The van der Waals surface area contributed by atoms with Crippen molar-refractivity contribution >= 4 is 0 Å². The molecule has 17 heavy (non-hydrogen) atoms. The minimum absolute atomic E-state index is 0.626. The van der Waals surface area contributed by atoms with E-state index in [2.05, 4.69) is 52.9 Å². The Bertz CT molecular complexity index is 446. The van der Waals surface area contributed by atoms with E-state index in [9.17, 15) is 0 Å². The SMILES string of the molecule is CC(C)Cn1cnnc1CCc1ccccc1. The van der Waals surface area contributed by atoms with Gasteiger partial charge in [-0.2, -0.15) is 0 Å². The molecule has 0 atom stereocenters. The molecule has 0 fully saturated rings. The molecule has 1 aromatic carbocycles. The fourth-order valence-electron chi connectivity index (χ4n) is 1.92. The molecule has 3 heteroatoms. The quantitative estimate of drug-likeness (QED) is 0.789. The highest BCUT2D eigenvalue weighted by Gasteiger charge is 2.05. The van der Waals surface area contributed by atoms with Gasteiger partial charge >= 0.3 is 0 Å². The van der Waals surface area contributed by atoms with E-state index in [4.69, 9.17) is 0 Å². The van der Waals surface area contributed by atoms with Gasteiger partial charge in [-0.05, 0) is 17.9 Å². The minimum atomic E-state index is 0.626. The molecule has 0 unspecified atom stereocenters. The van der Waals surface area contributed by atoms with Gasteiger partial charge in [0.15, 0.2) is 0 Å². The molecule has 1 heterocycles. The molecule has 0 saturated heterocycles. The van der Waals surface area contributed by atoms with E-state index >= 15 is 0 Å². The smallest absolute Gasteiger partial charge is 0.133 e. The van der Waals surface area contributed by atoms with Crippen LogP contribution in [0.4, 0.5) is 0 Å². The van der Waals surface area contributed by atoms with E-state index in [0.717, 1.165) is 25.2 Å². The van der Waals surface area contributed by atoms with Crippen molar-refractivity contribution in [2.45, 2.75) is 33.2 Å². The molecule has 0 bridgehead atoms. The first-order valence-corrected chi connectivity index (χ1v) is 6.16. The van der Waals surface area contributed by atoms with Gasteiger partial charge in [-0.1, -0.05) is 44.2 Å². The van der Waals surface area contributed by atoms with Crippen LogP contribution in [-0.4, -0.2) is 14.8 Å². The number of hydrogen-bond acceptors (Lipinski definition) is 2. The van der Waals surface area contributed by atoms with Gasteiger partial charge in [0.05, 0.1) is 0 Å². The van der Waals surface area contributed by atoms with E-state index in [1.165, 1.54) is 5.56 Å². The van der Waals surface area contributed by atoms with Crippen LogP contribution in [-0.2, 0) is 19.4 Å². The Labute approximate surface area is 103 Å². The second-order valence-electron chi connectivity index (χ2n) is 4.78. The molecule has 0 amide bonds. The van der Waals surface area contributed by atoms with Gasteiger partial charge in [0.2, 0.25) is 0 Å². The predicted octanol–water partition coefficient (Wildman–Crippen LogP) is 2.72. The van der Waals surface area contributed by atoms with E-state index in [-0.39, 0.29) is 0 Å². The normalized spacial score (nSPS) is 11.0. The summed E-state index contributed by atoms with van der Waals surface area (Å²) in [6, 6.07) is 10.5. The van der Waals surface area contributed by atoms with Gasteiger partial charge in [-0.3, -0.25) is 0 Å². The second-order valence-corrected chi connectivity index (χ2v) is 4.78. The molecule has 1 aromatic heterocycles. The Morgan fingerprint density at radius 3 is 2.59 bits per heavy atom. The van der Waals surface area contributed by atoms with Crippen LogP contribution in [0.1, 0.15) is 25.2 Å². The molecule has 0 N–H and O–H groups in total. The van der Waals surface area contributed by atoms with Crippen molar-refractivity contribution in [2.75, 3.05) is 0 Å². The van der Waals surface area contributed by atoms with Gasteiger partial charge in [0, 0.05) is 13.0 Å². The number of nitrogens with zero attached hydrogens (tertiary/aromatic N) is 3. The summed E-state index contributed by atoms with van der Waals surface area (Å²) in [6.07, 6.45) is 3.81. The maximum Gasteiger partial charge on any atom is 0.133 e. The predicted molar refractivity (Wildman–Crippen MR) is 68.7 cm³/mol. The molecule has 0 radical (unpaired) electrons. The largest absolute Gasteiger partial charge is 0.317 e. The summed E-state index contributed by atoms with van der Waals surface area (Å²) in [5.74, 6) is 1.71.